The van der Waals surface area contributed by atoms with Gasteiger partial charge in [-0.2, -0.15) is 5.10 Å². The molecule has 0 atom stereocenters. The molecule has 3 aromatic rings. The molecule has 0 amide bonds. The molecule has 134 valence electrons. The second-order valence-electron chi connectivity index (χ2n) is 7.91. The van der Waals surface area contributed by atoms with Crippen molar-refractivity contribution in [3.8, 4) is 17.1 Å². The zero-order valence-corrected chi connectivity index (χ0v) is 15.5. The number of hydrogen-bond donors (Lipinski definition) is 1. The number of aromatic nitrogens is 4. The van der Waals surface area contributed by atoms with Gasteiger partial charge in [-0.3, -0.25) is 15.1 Å². The number of H-pyrrole nitrogens is 1. The zero-order chi connectivity index (χ0) is 18.1. The van der Waals surface area contributed by atoms with E-state index in [4.69, 9.17) is 4.74 Å². The molecule has 1 fully saturated rings. The van der Waals surface area contributed by atoms with Crippen molar-refractivity contribution in [2.24, 2.45) is 0 Å². The molecule has 1 saturated carbocycles. The topological polar surface area (TPSA) is 63.7 Å². The van der Waals surface area contributed by atoms with Crippen LogP contribution in [-0.2, 0) is 12.0 Å². The summed E-state index contributed by atoms with van der Waals surface area (Å²) in [6.45, 7) is 6.94. The fraction of sp³-hybridized carbons (Fsp3) is 0.381. The van der Waals surface area contributed by atoms with Crippen molar-refractivity contribution in [2.45, 2.75) is 51.6 Å². The van der Waals surface area contributed by atoms with E-state index in [0.29, 0.717) is 12.5 Å². The molecule has 0 spiro atoms. The Balaban J connectivity index is 1.61. The van der Waals surface area contributed by atoms with E-state index in [1.165, 1.54) is 18.4 Å². The molecule has 0 aromatic carbocycles. The molecule has 5 nitrogen and oxygen atoms in total. The molecular formula is C21H24N4O. The summed E-state index contributed by atoms with van der Waals surface area (Å²) in [5, 5.41) is 7.58. The molecule has 3 heterocycles. The van der Waals surface area contributed by atoms with E-state index in [9.17, 15) is 0 Å². The van der Waals surface area contributed by atoms with Gasteiger partial charge in [0.05, 0.1) is 11.4 Å². The first-order chi connectivity index (χ1) is 12.5. The van der Waals surface area contributed by atoms with Crippen molar-refractivity contribution in [3.05, 3.63) is 59.7 Å². The highest BCUT2D eigenvalue weighted by atomic mass is 16.5. The molecule has 0 bridgehead atoms. The molecule has 4 rings (SSSR count). The summed E-state index contributed by atoms with van der Waals surface area (Å²) in [6, 6.07) is 9.94. The third-order valence-corrected chi connectivity index (χ3v) is 4.66. The zero-order valence-electron chi connectivity index (χ0n) is 15.5. The molecule has 0 saturated heterocycles. The van der Waals surface area contributed by atoms with Crippen molar-refractivity contribution in [2.75, 3.05) is 0 Å². The molecule has 1 aliphatic rings. The van der Waals surface area contributed by atoms with Gasteiger partial charge in [-0.1, -0.05) is 26.8 Å². The van der Waals surface area contributed by atoms with Crippen LogP contribution in [0.25, 0.3) is 11.4 Å². The summed E-state index contributed by atoms with van der Waals surface area (Å²) in [5.74, 6) is 1.46. The van der Waals surface area contributed by atoms with Gasteiger partial charge in [-0.15, -0.1) is 0 Å². The molecule has 26 heavy (non-hydrogen) atoms. The van der Waals surface area contributed by atoms with Gasteiger partial charge in [-0.05, 0) is 37.0 Å². The van der Waals surface area contributed by atoms with Crippen LogP contribution in [0.5, 0.6) is 5.75 Å². The molecule has 5 heteroatoms. The van der Waals surface area contributed by atoms with Crippen LogP contribution < -0.4 is 4.74 Å². The van der Waals surface area contributed by atoms with Crippen molar-refractivity contribution in [1.29, 1.82) is 0 Å². The Bertz CT molecular complexity index is 892. The Hall–Kier alpha value is -2.69. The van der Waals surface area contributed by atoms with Crippen LogP contribution in [0, 0.1) is 0 Å². The Kier molecular flexibility index (Phi) is 4.23. The Morgan fingerprint density at radius 2 is 1.96 bits per heavy atom. The lowest BCUT2D eigenvalue weighted by atomic mass is 9.92. The Morgan fingerprint density at radius 1 is 1.12 bits per heavy atom. The van der Waals surface area contributed by atoms with Gasteiger partial charge < -0.3 is 4.74 Å². The lowest BCUT2D eigenvalue weighted by molar-refractivity contribution is 0.298. The van der Waals surface area contributed by atoms with Crippen molar-refractivity contribution >= 4 is 0 Å². The summed E-state index contributed by atoms with van der Waals surface area (Å²) >= 11 is 0. The maximum Gasteiger partial charge on any atom is 0.130 e. The SMILES string of the molecule is CC(C)(C)c1cc(-c2cc(OCc3ccccn3)c(C3CC3)cn2)n[nH]1. The predicted octanol–water partition coefficient (Wildman–Crippen LogP) is 4.62. The van der Waals surface area contributed by atoms with Crippen LogP contribution in [0.15, 0.2) is 42.7 Å². The third kappa shape index (κ3) is 3.62. The Morgan fingerprint density at radius 3 is 2.62 bits per heavy atom. The average molecular weight is 348 g/mol. The highest BCUT2D eigenvalue weighted by Crippen LogP contribution is 2.44. The monoisotopic (exact) mass is 348 g/mol. The van der Waals surface area contributed by atoms with Gasteiger partial charge >= 0.3 is 0 Å². The van der Waals surface area contributed by atoms with E-state index >= 15 is 0 Å². The highest BCUT2D eigenvalue weighted by molar-refractivity contribution is 5.58. The smallest absolute Gasteiger partial charge is 0.130 e. The minimum atomic E-state index is 0.0253. The Labute approximate surface area is 153 Å². The van der Waals surface area contributed by atoms with E-state index in [1.807, 2.05) is 30.5 Å². The molecule has 1 aliphatic carbocycles. The number of hydrogen-bond acceptors (Lipinski definition) is 4. The lowest BCUT2D eigenvalue weighted by Gasteiger charge is -2.14. The molecular weight excluding hydrogens is 324 g/mol. The third-order valence-electron chi connectivity index (χ3n) is 4.66. The quantitative estimate of drug-likeness (QED) is 0.731. The first-order valence-corrected chi connectivity index (χ1v) is 9.09. The van der Waals surface area contributed by atoms with E-state index in [2.05, 4.69) is 47.0 Å². The summed E-state index contributed by atoms with van der Waals surface area (Å²) in [5.41, 5.74) is 4.91. The molecule has 0 unspecified atom stereocenters. The molecule has 1 N–H and O–H groups in total. The summed E-state index contributed by atoms with van der Waals surface area (Å²) < 4.78 is 6.12. The molecule has 0 radical (unpaired) electrons. The van der Waals surface area contributed by atoms with Gasteiger partial charge in [0.2, 0.25) is 0 Å². The van der Waals surface area contributed by atoms with E-state index in [-0.39, 0.29) is 5.41 Å². The number of aromatic amines is 1. The van der Waals surface area contributed by atoms with Crippen LogP contribution in [0.3, 0.4) is 0 Å². The lowest BCUT2D eigenvalue weighted by Crippen LogP contribution is -2.11. The first-order valence-electron chi connectivity index (χ1n) is 9.09. The largest absolute Gasteiger partial charge is 0.487 e. The van der Waals surface area contributed by atoms with Gasteiger partial charge in [0.1, 0.15) is 18.1 Å². The van der Waals surface area contributed by atoms with Crippen molar-refractivity contribution < 1.29 is 4.74 Å². The molecule has 3 aromatic heterocycles. The fourth-order valence-corrected chi connectivity index (χ4v) is 2.89. The maximum absolute atomic E-state index is 6.12. The van der Waals surface area contributed by atoms with Crippen molar-refractivity contribution in [3.63, 3.8) is 0 Å². The minimum absolute atomic E-state index is 0.0253. The second kappa shape index (κ2) is 6.56. The van der Waals surface area contributed by atoms with Crippen LogP contribution >= 0.6 is 0 Å². The van der Waals surface area contributed by atoms with Crippen LogP contribution in [0.4, 0.5) is 0 Å². The summed E-state index contributed by atoms with van der Waals surface area (Å²) in [7, 11) is 0. The predicted molar refractivity (Wildman–Crippen MR) is 101 cm³/mol. The number of nitrogens with zero attached hydrogens (tertiary/aromatic N) is 3. The van der Waals surface area contributed by atoms with Gasteiger partial charge in [0.15, 0.2) is 0 Å². The average Bonchev–Trinajstić information content (AvgIpc) is 3.34. The standard InChI is InChI=1S/C21H24N4O/c1-21(2,3)20-11-18(24-25-20)17-10-19(16(12-23-17)14-7-8-14)26-13-15-6-4-5-9-22-15/h4-6,9-12,14H,7-8,13H2,1-3H3,(H,24,25). The number of pyridine rings is 2. The number of nitrogens with one attached hydrogen (secondary N) is 1. The highest BCUT2D eigenvalue weighted by Gasteiger charge is 2.28. The number of rotatable bonds is 5. The van der Waals surface area contributed by atoms with Gasteiger partial charge in [0.25, 0.3) is 0 Å². The van der Waals surface area contributed by atoms with Crippen LogP contribution in [0.2, 0.25) is 0 Å². The number of ether oxygens (including phenoxy) is 1. The van der Waals surface area contributed by atoms with Crippen LogP contribution in [-0.4, -0.2) is 20.2 Å². The fourth-order valence-electron chi connectivity index (χ4n) is 2.89. The minimum Gasteiger partial charge on any atom is -0.487 e. The van der Waals surface area contributed by atoms with Crippen molar-refractivity contribution in [1.82, 2.24) is 20.2 Å². The first kappa shape index (κ1) is 16.8. The normalized spacial score (nSPS) is 14.4. The van der Waals surface area contributed by atoms with Crippen LogP contribution in [0.1, 0.15) is 56.5 Å². The van der Waals surface area contributed by atoms with Gasteiger partial charge in [-0.25, -0.2) is 0 Å². The van der Waals surface area contributed by atoms with Gasteiger partial charge in [0, 0.05) is 35.1 Å². The van der Waals surface area contributed by atoms with E-state index < -0.39 is 0 Å². The van der Waals surface area contributed by atoms with E-state index in [1.54, 1.807) is 6.20 Å². The second-order valence-corrected chi connectivity index (χ2v) is 7.91. The maximum atomic E-state index is 6.12. The molecule has 0 aliphatic heterocycles. The summed E-state index contributed by atoms with van der Waals surface area (Å²) in [6.07, 6.45) is 6.15. The van der Waals surface area contributed by atoms with E-state index in [0.717, 1.165) is 28.5 Å². The summed E-state index contributed by atoms with van der Waals surface area (Å²) in [4.78, 5) is 8.98.